The molecule has 0 saturated carbocycles. The van der Waals surface area contributed by atoms with Crippen LogP contribution in [0, 0.1) is 0 Å². The smallest absolute Gasteiger partial charge is 0.323 e. The lowest BCUT2D eigenvalue weighted by Gasteiger charge is -2.36. The molecule has 0 bridgehead atoms. The van der Waals surface area contributed by atoms with Gasteiger partial charge in [0, 0.05) is 38.2 Å². The first kappa shape index (κ1) is 16.0. The van der Waals surface area contributed by atoms with Crippen LogP contribution >= 0.6 is 0 Å². The molecule has 1 amide bonds. The molecule has 0 aliphatic carbocycles. The first-order chi connectivity index (χ1) is 11.1. The number of amides is 1. The molecule has 5 heteroatoms. The lowest BCUT2D eigenvalue weighted by Crippen LogP contribution is -2.53. The van der Waals surface area contributed by atoms with Gasteiger partial charge in [0.2, 0.25) is 0 Å². The molecule has 5 nitrogen and oxygen atoms in total. The summed E-state index contributed by atoms with van der Waals surface area (Å²) >= 11 is 0. The summed E-state index contributed by atoms with van der Waals surface area (Å²) in [5.74, 6) is -0.0397. The number of cyclic esters (lactones) is 1. The van der Waals surface area contributed by atoms with E-state index in [1.54, 1.807) is 0 Å². The number of piperazine rings is 1. The fourth-order valence-corrected chi connectivity index (χ4v) is 3.34. The van der Waals surface area contributed by atoms with Gasteiger partial charge in [-0.15, -0.1) is 0 Å². The Kier molecular flexibility index (Phi) is 4.66. The van der Waals surface area contributed by atoms with Crippen molar-refractivity contribution in [3.63, 3.8) is 0 Å². The first-order valence-corrected chi connectivity index (χ1v) is 8.41. The normalized spacial score (nSPS) is 25.5. The number of hydrogen-bond donors (Lipinski definition) is 0. The van der Waals surface area contributed by atoms with Crippen molar-refractivity contribution in [2.45, 2.75) is 38.8 Å². The Morgan fingerprint density at radius 1 is 1.17 bits per heavy atom. The largest absolute Gasteiger partial charge is 0.461 e. The summed E-state index contributed by atoms with van der Waals surface area (Å²) in [6.45, 7) is 6.80. The van der Waals surface area contributed by atoms with Gasteiger partial charge in [-0.25, -0.2) is 0 Å². The van der Waals surface area contributed by atoms with Gasteiger partial charge in [-0.05, 0) is 31.0 Å². The molecule has 124 valence electrons. The molecule has 2 saturated heterocycles. The number of carbonyl (C=O) groups excluding carboxylic acids is 2. The molecule has 2 heterocycles. The number of aryl methyl sites for hydroxylation is 1. The van der Waals surface area contributed by atoms with Gasteiger partial charge >= 0.3 is 5.97 Å². The minimum Gasteiger partial charge on any atom is -0.461 e. The Morgan fingerprint density at radius 2 is 1.83 bits per heavy atom. The first-order valence-electron chi connectivity index (χ1n) is 8.41. The van der Waals surface area contributed by atoms with Crippen LogP contribution in [0.15, 0.2) is 24.3 Å². The fraction of sp³-hybridized carbons (Fsp3) is 0.556. The Bertz CT molecular complexity index is 576. The number of rotatable bonds is 3. The van der Waals surface area contributed by atoms with Crippen LogP contribution < -0.4 is 0 Å². The van der Waals surface area contributed by atoms with Crippen LogP contribution in [0.3, 0.4) is 0 Å². The Labute approximate surface area is 137 Å². The van der Waals surface area contributed by atoms with Crippen LogP contribution in [0.2, 0.25) is 0 Å². The van der Waals surface area contributed by atoms with E-state index in [0.29, 0.717) is 13.1 Å². The number of esters is 1. The third-order valence-electron chi connectivity index (χ3n) is 4.80. The van der Waals surface area contributed by atoms with Gasteiger partial charge in [-0.3, -0.25) is 14.5 Å². The lowest BCUT2D eigenvalue weighted by molar-refractivity contribution is -0.145. The summed E-state index contributed by atoms with van der Waals surface area (Å²) in [7, 11) is 0. The third kappa shape index (κ3) is 3.39. The van der Waals surface area contributed by atoms with Crippen molar-refractivity contribution < 1.29 is 14.3 Å². The number of nitrogens with zero attached hydrogens (tertiary/aromatic N) is 2. The quantitative estimate of drug-likeness (QED) is 0.797. The highest BCUT2D eigenvalue weighted by molar-refractivity contribution is 5.94. The fourth-order valence-electron chi connectivity index (χ4n) is 3.34. The van der Waals surface area contributed by atoms with Gasteiger partial charge in [0.05, 0.1) is 0 Å². The van der Waals surface area contributed by atoms with E-state index in [9.17, 15) is 9.59 Å². The van der Waals surface area contributed by atoms with Crippen molar-refractivity contribution in [3.8, 4) is 0 Å². The molecule has 0 aromatic heterocycles. The summed E-state index contributed by atoms with van der Waals surface area (Å²) in [5, 5.41) is 0. The van der Waals surface area contributed by atoms with Crippen molar-refractivity contribution in [2.24, 2.45) is 0 Å². The molecule has 1 aromatic rings. The molecule has 2 fully saturated rings. The molecule has 23 heavy (non-hydrogen) atoms. The zero-order chi connectivity index (χ0) is 16.4. The highest BCUT2D eigenvalue weighted by Gasteiger charge is 2.38. The van der Waals surface area contributed by atoms with Gasteiger partial charge in [-0.2, -0.15) is 0 Å². The summed E-state index contributed by atoms with van der Waals surface area (Å²) in [5.41, 5.74) is 1.98. The maximum atomic E-state index is 12.6. The van der Waals surface area contributed by atoms with Crippen LogP contribution in [-0.2, 0) is 16.0 Å². The van der Waals surface area contributed by atoms with Gasteiger partial charge < -0.3 is 9.64 Å². The molecule has 3 rings (SSSR count). The van der Waals surface area contributed by atoms with Crippen molar-refractivity contribution in [3.05, 3.63) is 35.4 Å². The summed E-state index contributed by atoms with van der Waals surface area (Å²) in [6.07, 6.45) is 1.73. The average molecular weight is 316 g/mol. The number of ether oxygens (including phenoxy) is 1. The molecule has 2 aliphatic rings. The van der Waals surface area contributed by atoms with E-state index in [0.717, 1.165) is 31.5 Å². The maximum Gasteiger partial charge on any atom is 0.323 e. The van der Waals surface area contributed by atoms with Gasteiger partial charge in [0.25, 0.3) is 5.91 Å². The van der Waals surface area contributed by atoms with Crippen LogP contribution in [0.1, 0.15) is 36.2 Å². The van der Waals surface area contributed by atoms with E-state index >= 15 is 0 Å². The molecule has 0 spiro atoms. The lowest BCUT2D eigenvalue weighted by atomic mass is 10.1. The summed E-state index contributed by atoms with van der Waals surface area (Å²) < 4.78 is 5.23. The molecule has 2 unspecified atom stereocenters. The molecule has 0 N–H and O–H groups in total. The van der Waals surface area contributed by atoms with Crippen LogP contribution in [0.5, 0.6) is 0 Å². The number of benzene rings is 1. The van der Waals surface area contributed by atoms with Crippen molar-refractivity contribution >= 4 is 11.9 Å². The Balaban J connectivity index is 1.57. The Hall–Kier alpha value is -1.88. The van der Waals surface area contributed by atoms with Crippen LogP contribution in [-0.4, -0.2) is 60.0 Å². The number of carbonyl (C=O) groups is 2. The summed E-state index contributed by atoms with van der Waals surface area (Å²) in [4.78, 5) is 28.4. The number of hydrogen-bond acceptors (Lipinski definition) is 4. The molecule has 2 aliphatic heterocycles. The molecule has 2 atom stereocenters. The average Bonchev–Trinajstić information content (AvgIpc) is 2.93. The van der Waals surface area contributed by atoms with E-state index in [4.69, 9.17) is 4.74 Å². The minimum absolute atomic E-state index is 0.00393. The van der Waals surface area contributed by atoms with Crippen molar-refractivity contribution in [1.82, 2.24) is 9.80 Å². The third-order valence-corrected chi connectivity index (χ3v) is 4.80. The predicted octanol–water partition coefficient (Wildman–Crippen LogP) is 1.71. The van der Waals surface area contributed by atoms with Crippen molar-refractivity contribution in [1.29, 1.82) is 0 Å². The standard InChI is InChI=1S/C18H24N2O3/c1-3-14-4-6-15(7-5-14)17(21)20-10-8-19(9-11-20)16-12-13(2)23-18(16)22/h4-7,13,16H,3,8-12H2,1-2H3. The molecule has 0 radical (unpaired) electrons. The van der Waals surface area contributed by atoms with Crippen LogP contribution in [0.25, 0.3) is 0 Å². The highest BCUT2D eigenvalue weighted by Crippen LogP contribution is 2.21. The van der Waals surface area contributed by atoms with E-state index in [2.05, 4.69) is 11.8 Å². The van der Waals surface area contributed by atoms with E-state index < -0.39 is 0 Å². The van der Waals surface area contributed by atoms with Gasteiger partial charge in [-0.1, -0.05) is 19.1 Å². The van der Waals surface area contributed by atoms with Gasteiger partial charge in [0.1, 0.15) is 12.1 Å². The zero-order valence-electron chi connectivity index (χ0n) is 13.8. The second kappa shape index (κ2) is 6.71. The van der Waals surface area contributed by atoms with E-state index in [-0.39, 0.29) is 24.0 Å². The van der Waals surface area contributed by atoms with Crippen molar-refractivity contribution in [2.75, 3.05) is 26.2 Å². The SMILES string of the molecule is CCc1ccc(C(=O)N2CCN(C3CC(C)OC3=O)CC2)cc1. The maximum absolute atomic E-state index is 12.6. The Morgan fingerprint density at radius 3 is 2.35 bits per heavy atom. The second-order valence-corrected chi connectivity index (χ2v) is 6.38. The minimum atomic E-state index is -0.133. The highest BCUT2D eigenvalue weighted by atomic mass is 16.6. The second-order valence-electron chi connectivity index (χ2n) is 6.38. The monoisotopic (exact) mass is 316 g/mol. The molecule has 1 aromatic carbocycles. The summed E-state index contributed by atoms with van der Waals surface area (Å²) in [6, 6.07) is 7.71. The van der Waals surface area contributed by atoms with Crippen LogP contribution in [0.4, 0.5) is 0 Å². The van der Waals surface area contributed by atoms with E-state index in [1.807, 2.05) is 36.1 Å². The van der Waals surface area contributed by atoms with Gasteiger partial charge in [0.15, 0.2) is 0 Å². The molecular weight excluding hydrogens is 292 g/mol. The molecular formula is C18H24N2O3. The topological polar surface area (TPSA) is 49.9 Å². The zero-order valence-corrected chi connectivity index (χ0v) is 13.8. The predicted molar refractivity (Wildman–Crippen MR) is 87.3 cm³/mol. The van der Waals surface area contributed by atoms with E-state index in [1.165, 1.54) is 5.56 Å².